The summed E-state index contributed by atoms with van der Waals surface area (Å²) >= 11 is 0. The molecule has 41 heavy (non-hydrogen) atoms. The predicted molar refractivity (Wildman–Crippen MR) is 150 cm³/mol. The number of rotatable bonds is 8. The molecule has 0 fully saturated rings. The van der Waals surface area contributed by atoms with Crippen LogP contribution >= 0.6 is 0 Å². The maximum Gasteiger partial charge on any atom is 0.299 e. The van der Waals surface area contributed by atoms with Crippen LogP contribution in [0.1, 0.15) is 15.9 Å². The summed E-state index contributed by atoms with van der Waals surface area (Å²) in [6.07, 6.45) is 1.46. The minimum absolute atomic E-state index is 0.126. The third-order valence-corrected chi connectivity index (χ3v) is 6.30. The largest absolute Gasteiger partial charge is 0.454 e. The van der Waals surface area contributed by atoms with E-state index < -0.39 is 5.56 Å². The molecule has 1 aliphatic heterocycles. The lowest BCUT2D eigenvalue weighted by Crippen LogP contribution is -2.24. The van der Waals surface area contributed by atoms with Crippen LogP contribution in [0.3, 0.4) is 0 Å². The number of hydrogen-bond donors (Lipinski definition) is 2. The Labute approximate surface area is 233 Å². The summed E-state index contributed by atoms with van der Waals surface area (Å²) in [7, 11) is 0. The van der Waals surface area contributed by atoms with Crippen molar-refractivity contribution in [2.45, 2.75) is 6.54 Å². The van der Waals surface area contributed by atoms with Gasteiger partial charge in [0.1, 0.15) is 11.6 Å². The number of carbonyl (C=O) groups excluding carboxylic acids is 1. The van der Waals surface area contributed by atoms with Crippen LogP contribution in [0.5, 0.6) is 23.0 Å². The van der Waals surface area contributed by atoms with E-state index in [2.05, 4.69) is 15.7 Å². The first-order valence-electron chi connectivity index (χ1n) is 12.7. The van der Waals surface area contributed by atoms with Gasteiger partial charge in [-0.3, -0.25) is 9.59 Å². The van der Waals surface area contributed by atoms with Crippen molar-refractivity contribution in [3.8, 4) is 28.7 Å². The Morgan fingerprint density at radius 3 is 2.46 bits per heavy atom. The SMILES string of the molecule is O=C(NCc1ccc(F)cc1)c1ccc(Nc2c(Oc3ccc4c(c3)OCO4)cnn(-c3ccccc3)c2=O)cc1. The lowest BCUT2D eigenvalue weighted by Gasteiger charge is -2.15. The van der Waals surface area contributed by atoms with E-state index in [1.165, 1.54) is 23.0 Å². The smallest absolute Gasteiger partial charge is 0.299 e. The van der Waals surface area contributed by atoms with Crippen molar-refractivity contribution >= 4 is 17.3 Å². The van der Waals surface area contributed by atoms with Gasteiger partial charge in [0.15, 0.2) is 22.9 Å². The Hall–Kier alpha value is -5.64. The van der Waals surface area contributed by atoms with Crippen molar-refractivity contribution in [2.75, 3.05) is 12.1 Å². The highest BCUT2D eigenvalue weighted by Gasteiger charge is 2.18. The van der Waals surface area contributed by atoms with E-state index in [1.807, 2.05) is 18.2 Å². The van der Waals surface area contributed by atoms with Crippen LogP contribution < -0.4 is 30.4 Å². The number of aromatic nitrogens is 2. The van der Waals surface area contributed by atoms with Crippen LogP contribution in [0.15, 0.2) is 108 Å². The molecule has 0 saturated carbocycles. The first-order valence-corrected chi connectivity index (χ1v) is 12.7. The van der Waals surface area contributed by atoms with Crippen LogP contribution in [0.4, 0.5) is 15.8 Å². The topological polar surface area (TPSA) is 104 Å². The number of para-hydroxylation sites is 1. The molecule has 0 unspecified atom stereocenters. The van der Waals surface area contributed by atoms with Gasteiger partial charge in [-0.05, 0) is 66.2 Å². The molecule has 0 radical (unpaired) electrons. The highest BCUT2D eigenvalue weighted by molar-refractivity contribution is 5.94. The minimum atomic E-state index is -0.435. The summed E-state index contributed by atoms with van der Waals surface area (Å²) in [5.41, 5.74) is 2.05. The number of halogens is 1. The number of nitrogens with one attached hydrogen (secondary N) is 2. The number of amides is 1. The molecule has 4 aromatic carbocycles. The highest BCUT2D eigenvalue weighted by Crippen LogP contribution is 2.37. The third kappa shape index (κ3) is 5.71. The van der Waals surface area contributed by atoms with Crippen molar-refractivity contribution in [1.82, 2.24) is 15.1 Å². The number of ether oxygens (including phenoxy) is 3. The molecule has 1 amide bonds. The van der Waals surface area contributed by atoms with Crippen molar-refractivity contribution in [3.05, 3.63) is 131 Å². The number of hydrogen-bond acceptors (Lipinski definition) is 7. The molecule has 0 bridgehead atoms. The first-order chi connectivity index (χ1) is 20.0. The third-order valence-electron chi connectivity index (χ3n) is 6.30. The quantitative estimate of drug-likeness (QED) is 0.261. The molecule has 6 rings (SSSR count). The normalized spacial score (nSPS) is 11.6. The summed E-state index contributed by atoms with van der Waals surface area (Å²) in [5, 5.41) is 10.3. The van der Waals surface area contributed by atoms with E-state index in [-0.39, 0.29) is 36.5 Å². The molecule has 0 aliphatic carbocycles. The van der Waals surface area contributed by atoms with E-state index >= 15 is 0 Å². The lowest BCUT2D eigenvalue weighted by molar-refractivity contribution is 0.0951. The van der Waals surface area contributed by atoms with Crippen LogP contribution in [0.2, 0.25) is 0 Å². The second-order valence-electron chi connectivity index (χ2n) is 9.06. The highest BCUT2D eigenvalue weighted by atomic mass is 19.1. The number of anilines is 2. The molecule has 0 atom stereocenters. The van der Waals surface area contributed by atoms with Gasteiger partial charge >= 0.3 is 0 Å². The molecule has 10 heteroatoms. The zero-order valence-electron chi connectivity index (χ0n) is 21.5. The summed E-state index contributed by atoms with van der Waals surface area (Å²) in [4.78, 5) is 26.3. The molecule has 1 aromatic heterocycles. The summed E-state index contributed by atoms with van der Waals surface area (Å²) in [6, 6.07) is 26.7. The van der Waals surface area contributed by atoms with Crippen LogP contribution in [0, 0.1) is 5.82 Å². The summed E-state index contributed by atoms with van der Waals surface area (Å²) in [5.74, 6) is 1.15. The molecular formula is C31H23FN4O5. The zero-order chi connectivity index (χ0) is 28.2. The van der Waals surface area contributed by atoms with Crippen molar-refractivity contribution in [2.24, 2.45) is 0 Å². The molecule has 9 nitrogen and oxygen atoms in total. The Morgan fingerprint density at radius 2 is 1.68 bits per heavy atom. The van der Waals surface area contributed by atoms with E-state index in [0.29, 0.717) is 34.2 Å². The molecule has 0 saturated heterocycles. The number of fused-ring (bicyclic) bond motifs is 1. The van der Waals surface area contributed by atoms with Crippen LogP contribution in [-0.2, 0) is 6.54 Å². The van der Waals surface area contributed by atoms with Crippen molar-refractivity contribution in [1.29, 1.82) is 0 Å². The van der Waals surface area contributed by atoms with Gasteiger partial charge in [-0.2, -0.15) is 9.78 Å². The molecular weight excluding hydrogens is 527 g/mol. The van der Waals surface area contributed by atoms with E-state index in [1.54, 1.807) is 66.7 Å². The summed E-state index contributed by atoms with van der Waals surface area (Å²) in [6.45, 7) is 0.385. The Bertz CT molecular complexity index is 1760. The fourth-order valence-electron chi connectivity index (χ4n) is 4.19. The monoisotopic (exact) mass is 550 g/mol. The van der Waals surface area contributed by atoms with Crippen molar-refractivity contribution in [3.63, 3.8) is 0 Å². The maximum absolute atomic E-state index is 13.6. The second kappa shape index (κ2) is 11.2. The van der Waals surface area contributed by atoms with Gasteiger partial charge < -0.3 is 24.8 Å². The van der Waals surface area contributed by atoms with Gasteiger partial charge in [-0.1, -0.05) is 30.3 Å². The molecule has 204 valence electrons. The van der Waals surface area contributed by atoms with Crippen LogP contribution in [0.25, 0.3) is 5.69 Å². The molecule has 1 aliphatic rings. The van der Waals surface area contributed by atoms with Gasteiger partial charge in [0, 0.05) is 23.9 Å². The van der Waals surface area contributed by atoms with E-state index in [0.717, 1.165) is 5.56 Å². The Balaban J connectivity index is 1.25. The number of benzene rings is 4. The van der Waals surface area contributed by atoms with E-state index in [9.17, 15) is 14.0 Å². The van der Waals surface area contributed by atoms with E-state index in [4.69, 9.17) is 14.2 Å². The van der Waals surface area contributed by atoms with Gasteiger partial charge in [0.05, 0.1) is 11.9 Å². The number of carbonyl (C=O) groups is 1. The van der Waals surface area contributed by atoms with Gasteiger partial charge in [0.2, 0.25) is 6.79 Å². The standard InChI is InChI=1S/C31H23FN4O5/c32-22-10-6-20(7-11-22)17-33-30(37)21-8-12-23(13-9-21)35-29-28(41-25-14-15-26-27(16-25)40-19-39-26)18-34-36(31(29)38)24-4-2-1-3-5-24/h1-16,18,35H,17,19H2,(H,33,37). The molecule has 5 aromatic rings. The predicted octanol–water partition coefficient (Wildman–Crippen LogP) is 5.57. The Morgan fingerprint density at radius 1 is 0.927 bits per heavy atom. The van der Waals surface area contributed by atoms with Crippen molar-refractivity contribution < 1.29 is 23.4 Å². The fourth-order valence-corrected chi connectivity index (χ4v) is 4.19. The molecule has 0 spiro atoms. The average Bonchev–Trinajstić information content (AvgIpc) is 3.47. The van der Waals surface area contributed by atoms with Gasteiger partial charge in [0.25, 0.3) is 11.5 Å². The minimum Gasteiger partial charge on any atom is -0.454 e. The van der Waals surface area contributed by atoms with Gasteiger partial charge in [-0.25, -0.2) is 4.39 Å². The molecule has 2 N–H and O–H groups in total. The fraction of sp³-hybridized carbons (Fsp3) is 0.0645. The molecule has 2 heterocycles. The van der Waals surface area contributed by atoms with Gasteiger partial charge in [-0.15, -0.1) is 0 Å². The number of nitrogens with zero attached hydrogens (tertiary/aromatic N) is 2. The first kappa shape index (κ1) is 25.6. The second-order valence-corrected chi connectivity index (χ2v) is 9.06. The Kier molecular flexibility index (Phi) is 7.02. The lowest BCUT2D eigenvalue weighted by atomic mass is 10.1. The van der Waals surface area contributed by atoms with Crippen LogP contribution in [-0.4, -0.2) is 22.5 Å². The average molecular weight is 551 g/mol. The zero-order valence-corrected chi connectivity index (χ0v) is 21.5. The summed E-state index contributed by atoms with van der Waals surface area (Å²) < 4.78 is 31.2. The maximum atomic E-state index is 13.6.